The van der Waals surface area contributed by atoms with Crippen LogP contribution in [0, 0.1) is 0 Å². The zero-order valence-electron chi connectivity index (χ0n) is 14.0. The molecule has 1 saturated carbocycles. The summed E-state index contributed by atoms with van der Waals surface area (Å²) in [6.45, 7) is 0.767. The number of aromatic nitrogens is 4. The molecule has 124 valence electrons. The SMILES string of the molecule is Cn1cncc1-c1nc(C2CCCC2)n(Cc2ccccc2)c1N. The largest absolute Gasteiger partial charge is 0.383 e. The summed E-state index contributed by atoms with van der Waals surface area (Å²) in [5.41, 5.74) is 9.61. The molecule has 1 aliphatic rings. The van der Waals surface area contributed by atoms with Gasteiger partial charge in [0.1, 0.15) is 17.3 Å². The van der Waals surface area contributed by atoms with Crippen LogP contribution in [-0.2, 0) is 13.6 Å². The summed E-state index contributed by atoms with van der Waals surface area (Å²) in [7, 11) is 1.98. The molecule has 0 aliphatic heterocycles. The van der Waals surface area contributed by atoms with Crippen LogP contribution in [0.4, 0.5) is 5.82 Å². The predicted octanol–water partition coefficient (Wildman–Crippen LogP) is 3.57. The third-order valence-electron chi connectivity index (χ3n) is 5.00. The van der Waals surface area contributed by atoms with Crippen molar-refractivity contribution >= 4 is 5.82 Å². The highest BCUT2D eigenvalue weighted by Gasteiger charge is 2.26. The van der Waals surface area contributed by atoms with E-state index in [1.165, 1.54) is 31.2 Å². The molecule has 0 atom stereocenters. The minimum Gasteiger partial charge on any atom is -0.383 e. The van der Waals surface area contributed by atoms with Gasteiger partial charge in [-0.25, -0.2) is 9.97 Å². The molecule has 4 rings (SSSR count). The Hall–Kier alpha value is -2.56. The van der Waals surface area contributed by atoms with Crippen molar-refractivity contribution in [2.45, 2.75) is 38.1 Å². The van der Waals surface area contributed by atoms with Crippen LogP contribution in [0.3, 0.4) is 0 Å². The first-order valence-corrected chi connectivity index (χ1v) is 8.60. The molecule has 5 heteroatoms. The van der Waals surface area contributed by atoms with Gasteiger partial charge in [0.25, 0.3) is 0 Å². The second-order valence-electron chi connectivity index (χ2n) is 6.65. The second kappa shape index (κ2) is 6.15. The predicted molar refractivity (Wildman–Crippen MR) is 95.6 cm³/mol. The zero-order chi connectivity index (χ0) is 16.5. The van der Waals surface area contributed by atoms with Crippen LogP contribution in [0.25, 0.3) is 11.4 Å². The molecule has 1 aromatic carbocycles. The molecule has 0 saturated heterocycles. The number of anilines is 1. The van der Waals surface area contributed by atoms with Crippen molar-refractivity contribution in [2.75, 3.05) is 5.73 Å². The van der Waals surface area contributed by atoms with Crippen LogP contribution in [0.5, 0.6) is 0 Å². The lowest BCUT2D eigenvalue weighted by atomic mass is 10.1. The Morgan fingerprint density at radius 2 is 1.92 bits per heavy atom. The summed E-state index contributed by atoms with van der Waals surface area (Å²) in [4.78, 5) is 9.19. The molecule has 3 aromatic rings. The summed E-state index contributed by atoms with van der Waals surface area (Å²) >= 11 is 0. The number of hydrogen-bond donors (Lipinski definition) is 1. The van der Waals surface area contributed by atoms with Gasteiger partial charge in [0.05, 0.1) is 24.8 Å². The van der Waals surface area contributed by atoms with Gasteiger partial charge in [-0.2, -0.15) is 0 Å². The standard InChI is InChI=1S/C19H23N5/c1-23-13-21-11-16(23)17-18(20)24(12-14-7-3-2-4-8-14)19(22-17)15-9-5-6-10-15/h2-4,7-8,11,13,15H,5-6,9-10,12,20H2,1H3. The van der Waals surface area contributed by atoms with E-state index in [1.54, 1.807) is 6.33 Å². The minimum absolute atomic E-state index is 0.512. The molecule has 5 nitrogen and oxygen atoms in total. The number of benzene rings is 1. The summed E-state index contributed by atoms with van der Waals surface area (Å²) in [5, 5.41) is 0. The molecule has 0 radical (unpaired) electrons. The van der Waals surface area contributed by atoms with E-state index in [0.29, 0.717) is 5.92 Å². The Balaban J connectivity index is 1.80. The average Bonchev–Trinajstić information content (AvgIpc) is 3.31. The Labute approximate surface area is 142 Å². The van der Waals surface area contributed by atoms with Crippen LogP contribution in [-0.4, -0.2) is 19.1 Å². The number of nitrogens with two attached hydrogens (primary N) is 1. The highest BCUT2D eigenvalue weighted by molar-refractivity contribution is 5.68. The number of imidazole rings is 2. The summed E-state index contributed by atoms with van der Waals surface area (Å²) < 4.78 is 4.18. The van der Waals surface area contributed by atoms with Gasteiger partial charge in [-0.15, -0.1) is 0 Å². The van der Waals surface area contributed by atoms with E-state index in [1.807, 2.05) is 23.9 Å². The molecule has 2 N–H and O–H groups in total. The molecular weight excluding hydrogens is 298 g/mol. The van der Waals surface area contributed by atoms with E-state index in [4.69, 9.17) is 10.7 Å². The third kappa shape index (κ3) is 2.60. The van der Waals surface area contributed by atoms with Crippen LogP contribution in [0.15, 0.2) is 42.9 Å². The maximum Gasteiger partial charge on any atom is 0.133 e. The van der Waals surface area contributed by atoms with Gasteiger partial charge < -0.3 is 14.9 Å². The fourth-order valence-corrected chi connectivity index (χ4v) is 3.69. The molecule has 2 heterocycles. The van der Waals surface area contributed by atoms with Crippen molar-refractivity contribution in [2.24, 2.45) is 7.05 Å². The van der Waals surface area contributed by atoms with Gasteiger partial charge in [-0.05, 0) is 18.4 Å². The topological polar surface area (TPSA) is 61.7 Å². The van der Waals surface area contributed by atoms with E-state index >= 15 is 0 Å². The first-order chi connectivity index (χ1) is 11.7. The molecule has 0 spiro atoms. The number of nitrogen functional groups attached to an aromatic ring is 1. The van der Waals surface area contributed by atoms with Crippen molar-refractivity contribution in [3.8, 4) is 11.4 Å². The monoisotopic (exact) mass is 321 g/mol. The van der Waals surface area contributed by atoms with E-state index in [0.717, 1.165) is 29.6 Å². The van der Waals surface area contributed by atoms with Crippen LogP contribution in [0.2, 0.25) is 0 Å². The zero-order valence-corrected chi connectivity index (χ0v) is 14.0. The molecular formula is C19H23N5. The summed E-state index contributed by atoms with van der Waals surface area (Å²) in [6, 6.07) is 10.5. The van der Waals surface area contributed by atoms with E-state index in [9.17, 15) is 0 Å². The van der Waals surface area contributed by atoms with E-state index in [2.05, 4.69) is 33.8 Å². The van der Waals surface area contributed by atoms with Gasteiger partial charge in [-0.3, -0.25) is 0 Å². The van der Waals surface area contributed by atoms with Crippen molar-refractivity contribution < 1.29 is 0 Å². The number of nitrogens with zero attached hydrogens (tertiary/aromatic N) is 4. The van der Waals surface area contributed by atoms with Crippen molar-refractivity contribution in [1.29, 1.82) is 0 Å². The lowest BCUT2D eigenvalue weighted by Crippen LogP contribution is -2.11. The minimum atomic E-state index is 0.512. The molecule has 0 amide bonds. The van der Waals surface area contributed by atoms with Crippen LogP contribution in [0.1, 0.15) is 43.0 Å². The van der Waals surface area contributed by atoms with Gasteiger partial charge >= 0.3 is 0 Å². The highest BCUT2D eigenvalue weighted by Crippen LogP contribution is 2.37. The van der Waals surface area contributed by atoms with Crippen molar-refractivity contribution in [1.82, 2.24) is 19.1 Å². The van der Waals surface area contributed by atoms with E-state index < -0.39 is 0 Å². The summed E-state index contributed by atoms with van der Waals surface area (Å²) in [6.07, 6.45) is 8.60. The molecule has 0 bridgehead atoms. The second-order valence-corrected chi connectivity index (χ2v) is 6.65. The van der Waals surface area contributed by atoms with Gasteiger partial charge in [0, 0.05) is 13.0 Å². The normalized spacial score (nSPS) is 15.2. The Morgan fingerprint density at radius 1 is 1.17 bits per heavy atom. The van der Waals surface area contributed by atoms with Crippen molar-refractivity contribution in [3.05, 3.63) is 54.2 Å². The third-order valence-corrected chi connectivity index (χ3v) is 5.00. The molecule has 2 aromatic heterocycles. The number of hydrogen-bond acceptors (Lipinski definition) is 3. The number of aryl methyl sites for hydroxylation is 1. The van der Waals surface area contributed by atoms with Gasteiger partial charge in [0.15, 0.2) is 0 Å². The number of rotatable bonds is 4. The molecule has 1 fully saturated rings. The quantitative estimate of drug-likeness (QED) is 0.799. The Kier molecular flexibility index (Phi) is 3.84. The molecule has 24 heavy (non-hydrogen) atoms. The Morgan fingerprint density at radius 3 is 2.58 bits per heavy atom. The summed E-state index contributed by atoms with van der Waals surface area (Å²) in [5.74, 6) is 2.38. The molecule has 1 aliphatic carbocycles. The smallest absolute Gasteiger partial charge is 0.133 e. The van der Waals surface area contributed by atoms with Gasteiger partial charge in [-0.1, -0.05) is 43.2 Å². The lowest BCUT2D eigenvalue weighted by Gasteiger charge is -2.14. The van der Waals surface area contributed by atoms with Gasteiger partial charge in [0.2, 0.25) is 0 Å². The first kappa shape index (κ1) is 15.0. The maximum absolute atomic E-state index is 6.54. The fraction of sp³-hybridized carbons (Fsp3) is 0.368. The highest BCUT2D eigenvalue weighted by atomic mass is 15.2. The fourth-order valence-electron chi connectivity index (χ4n) is 3.69. The molecule has 0 unspecified atom stereocenters. The van der Waals surface area contributed by atoms with E-state index in [-0.39, 0.29) is 0 Å². The first-order valence-electron chi connectivity index (χ1n) is 8.60. The van der Waals surface area contributed by atoms with Crippen LogP contribution >= 0.6 is 0 Å². The Bertz CT molecular complexity index is 825. The average molecular weight is 321 g/mol. The van der Waals surface area contributed by atoms with Crippen molar-refractivity contribution in [3.63, 3.8) is 0 Å². The lowest BCUT2D eigenvalue weighted by molar-refractivity contribution is 0.614. The maximum atomic E-state index is 6.54. The van der Waals surface area contributed by atoms with Crippen LogP contribution < -0.4 is 5.73 Å².